The Morgan fingerprint density at radius 3 is 2.22 bits per heavy atom. The van der Waals surface area contributed by atoms with E-state index in [1.807, 2.05) is 24.3 Å². The number of carbonyl (C=O) groups excluding carboxylic acids is 3. The van der Waals surface area contributed by atoms with Crippen LogP contribution in [0.5, 0.6) is 0 Å². The van der Waals surface area contributed by atoms with Crippen molar-refractivity contribution < 1.29 is 24.3 Å². The molecule has 196 valence electrons. The van der Waals surface area contributed by atoms with Crippen LogP contribution < -0.4 is 21.7 Å². The first kappa shape index (κ1) is 27.8. The van der Waals surface area contributed by atoms with Gasteiger partial charge >= 0.3 is 5.97 Å². The van der Waals surface area contributed by atoms with Crippen molar-refractivity contribution in [2.75, 3.05) is 5.75 Å². The molecule has 11 heteroatoms. The van der Waals surface area contributed by atoms with Gasteiger partial charge in [0.1, 0.15) is 18.1 Å². The molecule has 0 aliphatic rings. The van der Waals surface area contributed by atoms with Gasteiger partial charge in [-0.1, -0.05) is 48.5 Å². The van der Waals surface area contributed by atoms with E-state index in [9.17, 15) is 24.3 Å². The van der Waals surface area contributed by atoms with Gasteiger partial charge in [0.25, 0.3) is 0 Å². The average molecular weight is 526 g/mol. The number of nitrogens with one attached hydrogen (secondary N) is 4. The molecular weight excluding hydrogens is 494 g/mol. The lowest BCUT2D eigenvalue weighted by atomic mass is 10.0. The second-order valence-corrected chi connectivity index (χ2v) is 9.10. The molecule has 4 unspecified atom stereocenters. The third-order valence-electron chi connectivity index (χ3n) is 5.92. The molecule has 0 saturated carbocycles. The van der Waals surface area contributed by atoms with E-state index in [2.05, 4.69) is 33.6 Å². The Kier molecular flexibility index (Phi) is 9.70. The molecule has 1 heterocycles. The maximum atomic E-state index is 12.7. The van der Waals surface area contributed by atoms with Crippen LogP contribution in [0.3, 0.4) is 0 Å². The summed E-state index contributed by atoms with van der Waals surface area (Å²) in [4.78, 5) is 52.8. The lowest BCUT2D eigenvalue weighted by molar-refractivity contribution is -0.142. The van der Waals surface area contributed by atoms with E-state index in [4.69, 9.17) is 5.73 Å². The van der Waals surface area contributed by atoms with E-state index < -0.39 is 47.9 Å². The number of thiol groups is 1. The molecule has 0 aliphatic heterocycles. The standard InChI is InChI=1S/C26H31N5O5S/c1-15(23(32)30-21(26(35)36)11-16-7-3-2-4-8-16)29-25(34)22(14-37)31-24(33)19(27)12-17-13-28-20-10-6-5-9-18(17)20/h2-10,13,15,19,21-22,28,37H,11-12,14,27H2,1H3,(H,29,34)(H,30,32)(H,31,33)(H,35,36). The molecule has 10 nitrogen and oxygen atoms in total. The molecule has 4 atom stereocenters. The summed E-state index contributed by atoms with van der Waals surface area (Å²) in [5.74, 6) is -3.07. The predicted molar refractivity (Wildman–Crippen MR) is 143 cm³/mol. The molecular formula is C26H31N5O5S. The molecule has 1 aromatic heterocycles. The largest absolute Gasteiger partial charge is 0.480 e. The number of carboxylic acid groups (broad SMARTS) is 1. The van der Waals surface area contributed by atoms with Gasteiger partial charge in [0, 0.05) is 29.3 Å². The number of nitrogens with two attached hydrogens (primary N) is 1. The molecule has 0 saturated heterocycles. The minimum atomic E-state index is -1.19. The zero-order valence-electron chi connectivity index (χ0n) is 20.3. The molecule has 0 aliphatic carbocycles. The van der Waals surface area contributed by atoms with Crippen molar-refractivity contribution in [3.63, 3.8) is 0 Å². The van der Waals surface area contributed by atoms with E-state index in [1.54, 1.807) is 36.5 Å². The Morgan fingerprint density at radius 2 is 1.54 bits per heavy atom. The Bertz CT molecular complexity index is 1250. The maximum absolute atomic E-state index is 12.7. The quantitative estimate of drug-likeness (QED) is 0.173. The fourth-order valence-electron chi connectivity index (χ4n) is 3.83. The lowest BCUT2D eigenvalue weighted by Crippen LogP contribution is -2.57. The monoisotopic (exact) mass is 525 g/mol. The van der Waals surface area contributed by atoms with Crippen molar-refractivity contribution in [1.82, 2.24) is 20.9 Å². The summed E-state index contributed by atoms with van der Waals surface area (Å²) in [6.45, 7) is 1.43. The maximum Gasteiger partial charge on any atom is 0.326 e. The summed E-state index contributed by atoms with van der Waals surface area (Å²) in [6, 6.07) is 12.3. The fourth-order valence-corrected chi connectivity index (χ4v) is 4.09. The van der Waals surface area contributed by atoms with Gasteiger partial charge in [-0.25, -0.2) is 4.79 Å². The summed E-state index contributed by atoms with van der Waals surface area (Å²) < 4.78 is 0. The van der Waals surface area contributed by atoms with E-state index >= 15 is 0 Å². The highest BCUT2D eigenvalue weighted by Crippen LogP contribution is 2.18. The molecule has 0 spiro atoms. The van der Waals surface area contributed by atoms with Crippen LogP contribution in [0.4, 0.5) is 0 Å². The lowest BCUT2D eigenvalue weighted by Gasteiger charge is -2.22. The van der Waals surface area contributed by atoms with Crippen molar-refractivity contribution in [2.24, 2.45) is 5.73 Å². The zero-order chi connectivity index (χ0) is 26.9. The Hall–Kier alpha value is -3.83. The molecule has 0 radical (unpaired) electrons. The minimum absolute atomic E-state index is 0.0303. The highest BCUT2D eigenvalue weighted by atomic mass is 32.1. The summed E-state index contributed by atoms with van der Waals surface area (Å²) in [7, 11) is 0. The third kappa shape index (κ3) is 7.58. The minimum Gasteiger partial charge on any atom is -0.480 e. The van der Waals surface area contributed by atoms with Gasteiger partial charge in [0.15, 0.2) is 0 Å². The zero-order valence-corrected chi connectivity index (χ0v) is 21.2. The van der Waals surface area contributed by atoms with Crippen molar-refractivity contribution in [3.8, 4) is 0 Å². The summed E-state index contributed by atoms with van der Waals surface area (Å²) in [5.41, 5.74) is 8.64. The van der Waals surface area contributed by atoms with Gasteiger partial charge < -0.3 is 31.8 Å². The van der Waals surface area contributed by atoms with Crippen molar-refractivity contribution in [1.29, 1.82) is 0 Å². The number of fused-ring (bicyclic) bond motifs is 1. The summed E-state index contributed by atoms with van der Waals surface area (Å²) in [5, 5.41) is 18.0. The van der Waals surface area contributed by atoms with Gasteiger partial charge in [-0.05, 0) is 30.5 Å². The third-order valence-corrected chi connectivity index (χ3v) is 6.28. The van der Waals surface area contributed by atoms with Crippen LogP contribution in [-0.4, -0.2) is 63.7 Å². The number of aromatic nitrogens is 1. The number of benzene rings is 2. The highest BCUT2D eigenvalue weighted by Gasteiger charge is 2.28. The van der Waals surface area contributed by atoms with Crippen molar-refractivity contribution in [3.05, 3.63) is 71.9 Å². The van der Waals surface area contributed by atoms with Crippen LogP contribution in [0.15, 0.2) is 60.8 Å². The van der Waals surface area contributed by atoms with E-state index in [0.29, 0.717) is 0 Å². The van der Waals surface area contributed by atoms with Crippen molar-refractivity contribution in [2.45, 2.75) is 43.9 Å². The number of carbonyl (C=O) groups is 4. The first-order chi connectivity index (χ1) is 17.7. The predicted octanol–water partition coefficient (Wildman–Crippen LogP) is 0.769. The Morgan fingerprint density at radius 1 is 0.892 bits per heavy atom. The molecule has 2 aromatic carbocycles. The topological polar surface area (TPSA) is 166 Å². The number of amides is 3. The fraction of sp³-hybridized carbons (Fsp3) is 0.308. The van der Waals surface area contributed by atoms with Crippen LogP contribution in [-0.2, 0) is 32.0 Å². The number of rotatable bonds is 12. The van der Waals surface area contributed by atoms with Crippen LogP contribution in [0, 0.1) is 0 Å². The molecule has 3 rings (SSSR count). The van der Waals surface area contributed by atoms with Crippen LogP contribution in [0.25, 0.3) is 10.9 Å². The SMILES string of the molecule is CC(NC(=O)C(CS)NC(=O)C(N)Cc1c[nH]c2ccccc12)C(=O)NC(Cc1ccccc1)C(=O)O. The number of H-pyrrole nitrogens is 1. The molecule has 3 amide bonds. The first-order valence-electron chi connectivity index (χ1n) is 11.8. The van der Waals surface area contributed by atoms with E-state index in [-0.39, 0.29) is 18.6 Å². The van der Waals surface area contributed by atoms with Gasteiger partial charge in [0.2, 0.25) is 17.7 Å². The Balaban J connectivity index is 1.54. The highest BCUT2D eigenvalue weighted by molar-refractivity contribution is 7.80. The van der Waals surface area contributed by atoms with Gasteiger partial charge in [-0.2, -0.15) is 12.6 Å². The summed E-state index contributed by atoms with van der Waals surface area (Å²) in [6.07, 6.45) is 2.14. The number of hydrogen-bond donors (Lipinski definition) is 7. The van der Waals surface area contributed by atoms with Gasteiger partial charge in [0.05, 0.1) is 6.04 Å². The number of aliphatic carboxylic acids is 1. The molecule has 0 fully saturated rings. The Labute approximate surface area is 219 Å². The van der Waals surface area contributed by atoms with Gasteiger partial charge in [-0.3, -0.25) is 14.4 Å². The molecule has 7 N–H and O–H groups in total. The second-order valence-electron chi connectivity index (χ2n) is 8.73. The van der Waals surface area contributed by atoms with E-state index in [1.165, 1.54) is 6.92 Å². The number of hydrogen-bond acceptors (Lipinski definition) is 6. The number of aromatic amines is 1. The second kappa shape index (κ2) is 12.9. The van der Waals surface area contributed by atoms with Crippen LogP contribution in [0.2, 0.25) is 0 Å². The van der Waals surface area contributed by atoms with Crippen LogP contribution >= 0.6 is 12.6 Å². The number of carboxylic acids is 1. The van der Waals surface area contributed by atoms with Crippen molar-refractivity contribution >= 4 is 47.2 Å². The smallest absolute Gasteiger partial charge is 0.326 e. The first-order valence-corrected chi connectivity index (χ1v) is 12.4. The average Bonchev–Trinajstić information content (AvgIpc) is 3.29. The number of para-hydroxylation sites is 1. The van der Waals surface area contributed by atoms with Crippen LogP contribution in [0.1, 0.15) is 18.1 Å². The summed E-state index contributed by atoms with van der Waals surface area (Å²) >= 11 is 4.15. The normalized spacial score (nSPS) is 14.2. The van der Waals surface area contributed by atoms with E-state index in [0.717, 1.165) is 22.0 Å². The van der Waals surface area contributed by atoms with Gasteiger partial charge in [-0.15, -0.1) is 0 Å². The molecule has 37 heavy (non-hydrogen) atoms. The molecule has 0 bridgehead atoms. The molecule has 3 aromatic rings.